The summed E-state index contributed by atoms with van der Waals surface area (Å²) < 4.78 is 18.8. The lowest BCUT2D eigenvalue weighted by Crippen LogP contribution is -2.50. The second-order valence-corrected chi connectivity index (χ2v) is 14.2. The van der Waals surface area contributed by atoms with Crippen LogP contribution in [-0.2, 0) is 9.53 Å². The fraction of sp³-hybridized carbons (Fsp3) is 0.865. The predicted octanol–water partition coefficient (Wildman–Crippen LogP) is 11.5. The van der Waals surface area contributed by atoms with E-state index in [1.165, 1.54) is 32.1 Å². The van der Waals surface area contributed by atoms with E-state index in [9.17, 15) is 9.18 Å². The first kappa shape index (κ1) is 36.9. The topological polar surface area (TPSA) is 26.3 Å². The number of hydrogen-bond donors (Lipinski definition) is 0. The van der Waals surface area contributed by atoms with Crippen molar-refractivity contribution in [2.24, 2.45) is 45.8 Å². The van der Waals surface area contributed by atoms with Gasteiger partial charge in [0.25, 0.3) is 0 Å². The van der Waals surface area contributed by atoms with Gasteiger partial charge in [-0.05, 0) is 113 Å². The Balaban J connectivity index is 0.00000153. The van der Waals surface area contributed by atoms with E-state index in [4.69, 9.17) is 4.74 Å². The van der Waals surface area contributed by atoms with Crippen LogP contribution in [0.4, 0.5) is 4.39 Å². The molecule has 0 saturated heterocycles. The van der Waals surface area contributed by atoms with Gasteiger partial charge in [-0.15, -0.1) is 0 Å². The molecule has 0 radical (unpaired) electrons. The Labute approximate surface area is 249 Å². The first-order valence-corrected chi connectivity index (χ1v) is 16.6. The third-order valence-electron chi connectivity index (χ3n) is 10.7. The SMILES string of the molecule is C.CC.CC.CC(CF)CCC[C@@H](C)C1=CCC2C3CC=C4CC(OC(=O)C(C)(C)C)CC[C@@]4(C)C3CCC12C. The monoisotopic (exact) mass is 563 g/mol. The van der Waals surface area contributed by atoms with Gasteiger partial charge in [0.15, 0.2) is 0 Å². The summed E-state index contributed by atoms with van der Waals surface area (Å²) in [6.45, 7) is 23.2. The molecule has 2 saturated carbocycles. The number of alkyl halides is 1. The fourth-order valence-corrected chi connectivity index (χ4v) is 8.43. The molecule has 0 bridgehead atoms. The second-order valence-electron chi connectivity index (χ2n) is 14.2. The van der Waals surface area contributed by atoms with Gasteiger partial charge in [0.2, 0.25) is 0 Å². The Kier molecular flexibility index (Phi) is 14.2. The van der Waals surface area contributed by atoms with Crippen LogP contribution in [0.2, 0.25) is 0 Å². The molecular formula is C37H67FO2. The zero-order chi connectivity index (χ0) is 29.6. The van der Waals surface area contributed by atoms with Crippen LogP contribution in [0.25, 0.3) is 0 Å². The van der Waals surface area contributed by atoms with Crippen LogP contribution in [0.3, 0.4) is 0 Å². The summed E-state index contributed by atoms with van der Waals surface area (Å²) in [4.78, 5) is 12.5. The van der Waals surface area contributed by atoms with Crippen molar-refractivity contribution < 1.29 is 13.9 Å². The molecule has 0 aromatic heterocycles. The molecule has 234 valence electrons. The summed E-state index contributed by atoms with van der Waals surface area (Å²) in [6.07, 6.45) is 16.7. The molecule has 0 N–H and O–H groups in total. The summed E-state index contributed by atoms with van der Waals surface area (Å²) in [7, 11) is 0. The average molecular weight is 563 g/mol. The minimum Gasteiger partial charge on any atom is -0.462 e. The molecule has 2 fully saturated rings. The summed E-state index contributed by atoms with van der Waals surface area (Å²) >= 11 is 0. The average Bonchev–Trinajstić information content (AvgIpc) is 3.27. The van der Waals surface area contributed by atoms with Crippen LogP contribution < -0.4 is 0 Å². The first-order valence-electron chi connectivity index (χ1n) is 16.6. The Morgan fingerprint density at radius 3 is 2.20 bits per heavy atom. The maximum absolute atomic E-state index is 12.9. The lowest BCUT2D eigenvalue weighted by molar-refractivity contribution is -0.160. The summed E-state index contributed by atoms with van der Waals surface area (Å²) in [5.41, 5.74) is 3.46. The van der Waals surface area contributed by atoms with E-state index in [2.05, 4.69) is 32.9 Å². The van der Waals surface area contributed by atoms with Crippen LogP contribution in [-0.4, -0.2) is 18.7 Å². The van der Waals surface area contributed by atoms with Crippen molar-refractivity contribution in [1.29, 1.82) is 0 Å². The summed E-state index contributed by atoms with van der Waals surface area (Å²) in [6, 6.07) is 0. The normalized spacial score (nSPS) is 33.9. The number of carbonyl (C=O) groups is 1. The molecular weight excluding hydrogens is 495 g/mol. The van der Waals surface area contributed by atoms with Crippen LogP contribution in [0, 0.1) is 45.8 Å². The standard InChI is InChI=1S/C32H51FO2.2C2H6.CH4/c1-21(20-33)9-8-10-22(2)26-13-14-27-25-12-11-23-19-24(35-29(34)30(3,4)5)15-17-31(23,6)28(25)16-18-32(26,27)7;2*1-2;/h11,13,21-22,24-25,27-28H,8-10,12,14-20H2,1-7H3;2*1-2H3;1H4/t21?,22-,24?,25?,27?,28?,31-,32?;;;/m1.../s1. The third-order valence-corrected chi connectivity index (χ3v) is 10.7. The van der Waals surface area contributed by atoms with Crippen molar-refractivity contribution >= 4 is 5.97 Å². The van der Waals surface area contributed by atoms with E-state index >= 15 is 0 Å². The zero-order valence-corrected chi connectivity index (χ0v) is 27.6. The van der Waals surface area contributed by atoms with Crippen molar-refractivity contribution in [3.05, 3.63) is 23.3 Å². The van der Waals surface area contributed by atoms with Crippen molar-refractivity contribution in [3.8, 4) is 0 Å². The van der Waals surface area contributed by atoms with Gasteiger partial charge < -0.3 is 4.74 Å². The Morgan fingerprint density at radius 1 is 0.975 bits per heavy atom. The number of fused-ring (bicyclic) bond motifs is 5. The van der Waals surface area contributed by atoms with E-state index in [1.54, 1.807) is 11.1 Å². The van der Waals surface area contributed by atoms with Gasteiger partial charge in [-0.3, -0.25) is 9.18 Å². The van der Waals surface area contributed by atoms with Gasteiger partial charge >= 0.3 is 5.97 Å². The molecule has 4 rings (SSSR count). The summed E-state index contributed by atoms with van der Waals surface area (Å²) in [5.74, 6) is 3.04. The van der Waals surface area contributed by atoms with Gasteiger partial charge in [0, 0.05) is 6.42 Å². The molecule has 3 heteroatoms. The molecule has 2 nitrogen and oxygen atoms in total. The minimum atomic E-state index is -0.434. The zero-order valence-electron chi connectivity index (χ0n) is 27.6. The van der Waals surface area contributed by atoms with Crippen molar-refractivity contribution in [2.45, 2.75) is 154 Å². The third kappa shape index (κ3) is 7.63. The highest BCUT2D eigenvalue weighted by atomic mass is 19.1. The van der Waals surface area contributed by atoms with Crippen molar-refractivity contribution in [2.75, 3.05) is 6.67 Å². The molecule has 0 heterocycles. The molecule has 4 aliphatic carbocycles. The molecule has 4 aliphatic rings. The highest BCUT2D eigenvalue weighted by molar-refractivity contribution is 5.75. The van der Waals surface area contributed by atoms with E-state index < -0.39 is 5.41 Å². The largest absolute Gasteiger partial charge is 0.462 e. The number of rotatable bonds is 7. The van der Waals surface area contributed by atoms with Crippen LogP contribution in [0.1, 0.15) is 148 Å². The van der Waals surface area contributed by atoms with Crippen molar-refractivity contribution in [3.63, 3.8) is 0 Å². The number of esters is 1. The van der Waals surface area contributed by atoms with E-state index in [0.29, 0.717) is 11.3 Å². The van der Waals surface area contributed by atoms with Gasteiger partial charge in [-0.1, -0.05) is 92.5 Å². The molecule has 0 aromatic carbocycles. The number of carbonyl (C=O) groups excluding carboxylic acids is 1. The molecule has 0 aliphatic heterocycles. The van der Waals surface area contributed by atoms with Gasteiger partial charge in [-0.25, -0.2) is 0 Å². The Bertz CT molecular complexity index is 851. The maximum Gasteiger partial charge on any atom is 0.311 e. The van der Waals surface area contributed by atoms with Gasteiger partial charge in [0.1, 0.15) is 6.10 Å². The van der Waals surface area contributed by atoms with Crippen LogP contribution >= 0.6 is 0 Å². The quantitative estimate of drug-likeness (QED) is 0.228. The van der Waals surface area contributed by atoms with Gasteiger partial charge in [0.05, 0.1) is 12.1 Å². The molecule has 0 aromatic rings. The Morgan fingerprint density at radius 2 is 1.60 bits per heavy atom. The van der Waals surface area contributed by atoms with Crippen LogP contribution in [0.15, 0.2) is 23.3 Å². The maximum atomic E-state index is 12.9. The lowest BCUT2D eigenvalue weighted by Gasteiger charge is -2.58. The second kappa shape index (κ2) is 15.4. The Hall–Kier alpha value is -1.12. The fourth-order valence-electron chi connectivity index (χ4n) is 8.43. The number of allylic oxidation sites excluding steroid dienone is 3. The highest BCUT2D eigenvalue weighted by Crippen LogP contribution is 2.66. The highest BCUT2D eigenvalue weighted by Gasteiger charge is 2.57. The smallest absolute Gasteiger partial charge is 0.311 e. The van der Waals surface area contributed by atoms with Gasteiger partial charge in [-0.2, -0.15) is 0 Å². The molecule has 0 spiro atoms. The van der Waals surface area contributed by atoms with E-state index in [-0.39, 0.29) is 37.5 Å². The lowest BCUT2D eigenvalue weighted by atomic mass is 9.47. The van der Waals surface area contributed by atoms with E-state index in [0.717, 1.165) is 49.9 Å². The summed E-state index contributed by atoms with van der Waals surface area (Å²) in [5, 5.41) is 0. The first-order chi connectivity index (χ1) is 18.4. The molecule has 6 unspecified atom stereocenters. The predicted molar refractivity (Wildman–Crippen MR) is 172 cm³/mol. The number of ether oxygens (including phenoxy) is 1. The molecule has 40 heavy (non-hydrogen) atoms. The molecule has 8 atom stereocenters. The van der Waals surface area contributed by atoms with E-state index in [1.807, 2.05) is 55.4 Å². The van der Waals surface area contributed by atoms with Crippen LogP contribution in [0.5, 0.6) is 0 Å². The molecule has 0 amide bonds. The number of hydrogen-bond acceptors (Lipinski definition) is 2. The number of halogens is 1. The minimum absolute atomic E-state index is 0. The van der Waals surface area contributed by atoms with Crippen molar-refractivity contribution in [1.82, 2.24) is 0 Å².